The molecule has 1 aromatic rings. The van der Waals surface area contributed by atoms with E-state index in [9.17, 15) is 10.2 Å². The Bertz CT molecular complexity index is 409. The van der Waals surface area contributed by atoms with E-state index in [1.54, 1.807) is 19.1 Å². The van der Waals surface area contributed by atoms with Gasteiger partial charge < -0.3 is 15.9 Å². The second-order valence-corrected chi connectivity index (χ2v) is 5.20. The lowest BCUT2D eigenvalue weighted by Crippen LogP contribution is -2.37. The standard InChI is InChI=1S/C14H21NO2/c1-10-7-13(17)11(8-12(10)16)14(9-15)5-3-2-4-6-14/h7-8,16-17H,2-6,9,15H2,1H3. The van der Waals surface area contributed by atoms with Gasteiger partial charge in [-0.1, -0.05) is 19.3 Å². The van der Waals surface area contributed by atoms with Crippen molar-refractivity contribution in [3.63, 3.8) is 0 Å². The van der Waals surface area contributed by atoms with Crippen LogP contribution < -0.4 is 5.73 Å². The molecular weight excluding hydrogens is 214 g/mol. The van der Waals surface area contributed by atoms with E-state index in [1.165, 1.54) is 6.42 Å². The topological polar surface area (TPSA) is 66.5 Å². The van der Waals surface area contributed by atoms with Crippen molar-refractivity contribution in [1.29, 1.82) is 0 Å². The number of phenols is 2. The molecule has 1 aromatic carbocycles. The highest BCUT2D eigenvalue weighted by molar-refractivity contribution is 5.48. The van der Waals surface area contributed by atoms with Gasteiger partial charge in [0, 0.05) is 17.5 Å². The average Bonchev–Trinajstić information content (AvgIpc) is 2.34. The van der Waals surface area contributed by atoms with Crippen molar-refractivity contribution in [3.8, 4) is 11.5 Å². The number of hydrogen-bond acceptors (Lipinski definition) is 3. The van der Waals surface area contributed by atoms with E-state index in [1.807, 2.05) is 0 Å². The first-order chi connectivity index (χ1) is 8.09. The second-order valence-electron chi connectivity index (χ2n) is 5.20. The third-order valence-corrected chi connectivity index (χ3v) is 4.09. The maximum atomic E-state index is 10.1. The molecule has 1 aliphatic carbocycles. The molecule has 0 heterocycles. The van der Waals surface area contributed by atoms with E-state index in [-0.39, 0.29) is 16.9 Å². The molecule has 0 unspecified atom stereocenters. The number of hydrogen-bond donors (Lipinski definition) is 3. The molecule has 0 bridgehead atoms. The summed E-state index contributed by atoms with van der Waals surface area (Å²) in [6.07, 6.45) is 5.52. The highest BCUT2D eigenvalue weighted by Gasteiger charge is 2.35. The van der Waals surface area contributed by atoms with Crippen molar-refractivity contribution in [2.45, 2.75) is 44.4 Å². The van der Waals surface area contributed by atoms with Gasteiger partial charge >= 0.3 is 0 Å². The highest BCUT2D eigenvalue weighted by atomic mass is 16.3. The third-order valence-electron chi connectivity index (χ3n) is 4.09. The van der Waals surface area contributed by atoms with Crippen LogP contribution in [0, 0.1) is 6.92 Å². The minimum atomic E-state index is -0.145. The first kappa shape index (κ1) is 12.2. The van der Waals surface area contributed by atoms with Gasteiger partial charge in [0.25, 0.3) is 0 Å². The number of aryl methyl sites for hydroxylation is 1. The number of benzene rings is 1. The number of nitrogens with two attached hydrogens (primary N) is 1. The van der Waals surface area contributed by atoms with E-state index in [0.717, 1.165) is 31.2 Å². The maximum Gasteiger partial charge on any atom is 0.119 e. The lowest BCUT2D eigenvalue weighted by atomic mass is 9.69. The summed E-state index contributed by atoms with van der Waals surface area (Å²) in [7, 11) is 0. The predicted molar refractivity (Wildman–Crippen MR) is 68.3 cm³/mol. The number of aromatic hydroxyl groups is 2. The van der Waals surface area contributed by atoms with Crippen LogP contribution in [0.5, 0.6) is 11.5 Å². The molecule has 0 radical (unpaired) electrons. The molecule has 2 rings (SSSR count). The minimum Gasteiger partial charge on any atom is -0.508 e. The van der Waals surface area contributed by atoms with Crippen LogP contribution >= 0.6 is 0 Å². The third kappa shape index (κ3) is 2.12. The second kappa shape index (κ2) is 4.57. The van der Waals surface area contributed by atoms with Gasteiger partial charge in [0.15, 0.2) is 0 Å². The summed E-state index contributed by atoms with van der Waals surface area (Å²) >= 11 is 0. The highest BCUT2D eigenvalue weighted by Crippen LogP contribution is 2.44. The Balaban J connectivity index is 2.46. The van der Waals surface area contributed by atoms with Crippen LogP contribution in [0.25, 0.3) is 0 Å². The summed E-state index contributed by atoms with van der Waals surface area (Å²) in [5.74, 6) is 0.517. The fourth-order valence-corrected chi connectivity index (χ4v) is 2.92. The summed E-state index contributed by atoms with van der Waals surface area (Å²) < 4.78 is 0. The van der Waals surface area contributed by atoms with Crippen LogP contribution in [0.3, 0.4) is 0 Å². The van der Waals surface area contributed by atoms with Gasteiger partial charge in [-0.3, -0.25) is 0 Å². The fourth-order valence-electron chi connectivity index (χ4n) is 2.92. The van der Waals surface area contributed by atoms with Crippen molar-refractivity contribution >= 4 is 0 Å². The predicted octanol–water partition coefficient (Wildman–Crippen LogP) is 2.57. The molecule has 3 heteroatoms. The smallest absolute Gasteiger partial charge is 0.119 e. The molecule has 94 valence electrons. The lowest BCUT2D eigenvalue weighted by Gasteiger charge is -2.37. The molecule has 1 aliphatic rings. The Kier molecular flexibility index (Phi) is 3.29. The van der Waals surface area contributed by atoms with Gasteiger partial charge in [-0.15, -0.1) is 0 Å². The molecule has 0 aromatic heterocycles. The van der Waals surface area contributed by atoms with Gasteiger partial charge in [0.05, 0.1) is 0 Å². The molecular formula is C14H21NO2. The van der Waals surface area contributed by atoms with E-state index in [2.05, 4.69) is 0 Å². The van der Waals surface area contributed by atoms with E-state index in [0.29, 0.717) is 12.1 Å². The molecule has 0 amide bonds. The van der Waals surface area contributed by atoms with Crippen LogP contribution in [0.2, 0.25) is 0 Å². The fraction of sp³-hybridized carbons (Fsp3) is 0.571. The largest absolute Gasteiger partial charge is 0.508 e. The Morgan fingerprint density at radius 3 is 2.35 bits per heavy atom. The summed E-state index contributed by atoms with van der Waals surface area (Å²) in [6, 6.07) is 3.33. The van der Waals surface area contributed by atoms with Crippen molar-refractivity contribution in [2.75, 3.05) is 6.54 Å². The van der Waals surface area contributed by atoms with Crippen molar-refractivity contribution < 1.29 is 10.2 Å². The van der Waals surface area contributed by atoms with Crippen LogP contribution in [-0.4, -0.2) is 16.8 Å². The van der Waals surface area contributed by atoms with Crippen molar-refractivity contribution in [1.82, 2.24) is 0 Å². The normalized spacial score (nSPS) is 19.2. The summed E-state index contributed by atoms with van der Waals surface area (Å²) in [5, 5.41) is 19.9. The lowest BCUT2D eigenvalue weighted by molar-refractivity contribution is 0.289. The Hall–Kier alpha value is -1.22. The molecule has 0 spiro atoms. The first-order valence-electron chi connectivity index (χ1n) is 6.32. The maximum absolute atomic E-state index is 10.1. The minimum absolute atomic E-state index is 0.145. The molecule has 0 saturated heterocycles. The molecule has 17 heavy (non-hydrogen) atoms. The molecule has 0 aliphatic heterocycles. The molecule has 1 saturated carbocycles. The monoisotopic (exact) mass is 235 g/mol. The van der Waals surface area contributed by atoms with Gasteiger partial charge in [-0.05, 0) is 37.5 Å². The van der Waals surface area contributed by atoms with Gasteiger partial charge in [0.2, 0.25) is 0 Å². The van der Waals surface area contributed by atoms with Gasteiger partial charge in [-0.25, -0.2) is 0 Å². The van der Waals surface area contributed by atoms with Gasteiger partial charge in [0.1, 0.15) is 11.5 Å². The van der Waals surface area contributed by atoms with Gasteiger partial charge in [-0.2, -0.15) is 0 Å². The summed E-state index contributed by atoms with van der Waals surface area (Å²) in [5.41, 5.74) is 7.31. The summed E-state index contributed by atoms with van der Waals surface area (Å²) in [4.78, 5) is 0. The zero-order valence-corrected chi connectivity index (χ0v) is 10.4. The quantitative estimate of drug-likeness (QED) is 0.690. The number of phenolic OH excluding ortho intramolecular Hbond substituents is 2. The van der Waals surface area contributed by atoms with Crippen LogP contribution in [0.1, 0.15) is 43.2 Å². The SMILES string of the molecule is Cc1cc(O)c(C2(CN)CCCCC2)cc1O. The van der Waals surface area contributed by atoms with Crippen LogP contribution in [0.4, 0.5) is 0 Å². The zero-order chi connectivity index (χ0) is 12.5. The van der Waals surface area contributed by atoms with E-state index in [4.69, 9.17) is 5.73 Å². The van der Waals surface area contributed by atoms with E-state index < -0.39 is 0 Å². The summed E-state index contributed by atoms with van der Waals surface area (Å²) in [6.45, 7) is 2.32. The molecule has 3 nitrogen and oxygen atoms in total. The Labute approximate surface area is 102 Å². The zero-order valence-electron chi connectivity index (χ0n) is 10.4. The Morgan fingerprint density at radius 1 is 1.12 bits per heavy atom. The van der Waals surface area contributed by atoms with Crippen LogP contribution in [-0.2, 0) is 5.41 Å². The van der Waals surface area contributed by atoms with Crippen molar-refractivity contribution in [3.05, 3.63) is 23.3 Å². The Morgan fingerprint density at radius 2 is 1.76 bits per heavy atom. The molecule has 1 fully saturated rings. The van der Waals surface area contributed by atoms with Crippen LogP contribution in [0.15, 0.2) is 12.1 Å². The first-order valence-corrected chi connectivity index (χ1v) is 6.32. The molecule has 4 N–H and O–H groups in total. The average molecular weight is 235 g/mol. The van der Waals surface area contributed by atoms with E-state index >= 15 is 0 Å². The molecule has 0 atom stereocenters. The number of rotatable bonds is 2. The van der Waals surface area contributed by atoms with Crippen molar-refractivity contribution in [2.24, 2.45) is 5.73 Å².